The Morgan fingerprint density at radius 1 is 1.35 bits per heavy atom. The summed E-state index contributed by atoms with van der Waals surface area (Å²) in [5, 5.41) is 17.6. The van der Waals surface area contributed by atoms with Gasteiger partial charge in [0.2, 0.25) is 0 Å². The van der Waals surface area contributed by atoms with E-state index in [1.807, 2.05) is 12.1 Å². The smallest absolute Gasteiger partial charge is 0.141 e. The van der Waals surface area contributed by atoms with Gasteiger partial charge in [0.25, 0.3) is 0 Å². The molecule has 1 aliphatic rings. The number of para-hydroxylation sites is 2. The van der Waals surface area contributed by atoms with Crippen LogP contribution in [-0.2, 0) is 19.6 Å². The molecule has 1 aromatic heterocycles. The van der Waals surface area contributed by atoms with E-state index in [0.717, 1.165) is 30.0 Å². The van der Waals surface area contributed by atoms with E-state index in [1.54, 1.807) is 16.8 Å². The molecule has 1 aliphatic heterocycles. The van der Waals surface area contributed by atoms with Crippen molar-refractivity contribution in [3.8, 4) is 11.4 Å². The normalized spacial score (nSPS) is 13.9. The molecule has 88 valence electrons. The third-order valence-corrected chi connectivity index (χ3v) is 3.07. The van der Waals surface area contributed by atoms with Crippen LogP contribution in [0.3, 0.4) is 0 Å². The Kier molecular flexibility index (Phi) is 2.35. The SMILES string of the molecule is NCc1c2c(nn1-c1ccccc1O)CNC2. The van der Waals surface area contributed by atoms with Crippen LogP contribution in [0, 0.1) is 0 Å². The first-order valence-electron chi connectivity index (χ1n) is 5.60. The van der Waals surface area contributed by atoms with E-state index >= 15 is 0 Å². The topological polar surface area (TPSA) is 76.1 Å². The molecule has 2 heterocycles. The average Bonchev–Trinajstić information content (AvgIpc) is 2.89. The van der Waals surface area contributed by atoms with Crippen LogP contribution in [0.25, 0.3) is 5.69 Å². The molecule has 0 amide bonds. The molecule has 0 radical (unpaired) electrons. The first-order valence-corrected chi connectivity index (χ1v) is 5.60. The Morgan fingerprint density at radius 3 is 2.94 bits per heavy atom. The highest BCUT2D eigenvalue weighted by molar-refractivity contribution is 5.48. The van der Waals surface area contributed by atoms with E-state index in [0.29, 0.717) is 12.2 Å². The number of phenolic OH excluding ortho intramolecular Hbond substituents is 1. The number of phenols is 1. The maximum atomic E-state index is 9.86. The van der Waals surface area contributed by atoms with Crippen molar-refractivity contribution < 1.29 is 5.11 Å². The van der Waals surface area contributed by atoms with Crippen molar-refractivity contribution >= 4 is 0 Å². The molecular weight excluding hydrogens is 216 g/mol. The second-order valence-corrected chi connectivity index (χ2v) is 4.08. The monoisotopic (exact) mass is 230 g/mol. The van der Waals surface area contributed by atoms with Crippen LogP contribution in [0.5, 0.6) is 5.75 Å². The van der Waals surface area contributed by atoms with Gasteiger partial charge in [-0.15, -0.1) is 0 Å². The van der Waals surface area contributed by atoms with Gasteiger partial charge in [-0.2, -0.15) is 5.10 Å². The number of rotatable bonds is 2. The summed E-state index contributed by atoms with van der Waals surface area (Å²) in [6.45, 7) is 1.98. The number of aromatic nitrogens is 2. The lowest BCUT2D eigenvalue weighted by atomic mass is 10.2. The van der Waals surface area contributed by atoms with Crippen LogP contribution >= 0.6 is 0 Å². The van der Waals surface area contributed by atoms with Crippen LogP contribution in [0.15, 0.2) is 24.3 Å². The minimum absolute atomic E-state index is 0.219. The molecule has 2 aromatic rings. The van der Waals surface area contributed by atoms with Gasteiger partial charge in [-0.1, -0.05) is 12.1 Å². The quantitative estimate of drug-likeness (QED) is 0.707. The van der Waals surface area contributed by atoms with E-state index in [4.69, 9.17) is 5.73 Å². The molecule has 1 aromatic carbocycles. The fourth-order valence-electron chi connectivity index (χ4n) is 2.24. The lowest BCUT2D eigenvalue weighted by Crippen LogP contribution is -2.12. The molecule has 5 nitrogen and oxygen atoms in total. The number of hydrogen-bond donors (Lipinski definition) is 3. The summed E-state index contributed by atoms with van der Waals surface area (Å²) in [4.78, 5) is 0. The van der Waals surface area contributed by atoms with E-state index in [9.17, 15) is 5.11 Å². The van der Waals surface area contributed by atoms with Crippen LogP contribution in [0.4, 0.5) is 0 Å². The number of nitrogens with zero attached hydrogens (tertiary/aromatic N) is 2. The van der Waals surface area contributed by atoms with Gasteiger partial charge in [0.05, 0.1) is 11.4 Å². The van der Waals surface area contributed by atoms with Gasteiger partial charge >= 0.3 is 0 Å². The fraction of sp³-hybridized carbons (Fsp3) is 0.250. The number of fused-ring (bicyclic) bond motifs is 1. The van der Waals surface area contributed by atoms with Gasteiger partial charge < -0.3 is 16.2 Å². The second-order valence-electron chi connectivity index (χ2n) is 4.08. The lowest BCUT2D eigenvalue weighted by Gasteiger charge is -2.09. The van der Waals surface area contributed by atoms with Crippen LogP contribution < -0.4 is 11.1 Å². The molecule has 0 saturated heterocycles. The fourth-order valence-corrected chi connectivity index (χ4v) is 2.24. The summed E-state index contributed by atoms with van der Waals surface area (Å²) in [5.41, 5.74) is 9.62. The van der Waals surface area contributed by atoms with Gasteiger partial charge in [0.15, 0.2) is 0 Å². The number of nitrogens with one attached hydrogen (secondary N) is 1. The summed E-state index contributed by atoms with van der Waals surface area (Å²) in [5.74, 6) is 0.219. The summed E-state index contributed by atoms with van der Waals surface area (Å²) in [6.07, 6.45) is 0. The van der Waals surface area contributed by atoms with Crippen molar-refractivity contribution in [3.05, 3.63) is 41.2 Å². The third kappa shape index (κ3) is 1.51. The number of hydrogen-bond acceptors (Lipinski definition) is 4. The van der Waals surface area contributed by atoms with Crippen molar-refractivity contribution in [2.24, 2.45) is 5.73 Å². The molecule has 0 aliphatic carbocycles. The zero-order valence-electron chi connectivity index (χ0n) is 9.35. The minimum atomic E-state index is 0.219. The molecule has 0 spiro atoms. The average molecular weight is 230 g/mol. The predicted octanol–water partition coefficient (Wildman–Crippen LogP) is 0.640. The van der Waals surface area contributed by atoms with Gasteiger partial charge in [-0.05, 0) is 12.1 Å². The van der Waals surface area contributed by atoms with E-state index in [-0.39, 0.29) is 5.75 Å². The van der Waals surface area contributed by atoms with Crippen LogP contribution in [0.2, 0.25) is 0 Å². The van der Waals surface area contributed by atoms with Crippen molar-refractivity contribution in [3.63, 3.8) is 0 Å². The standard InChI is InChI=1S/C12H14N4O/c13-5-11-8-6-14-7-9(8)15-16(11)10-3-1-2-4-12(10)17/h1-4,14,17H,5-7,13H2. The highest BCUT2D eigenvalue weighted by atomic mass is 16.3. The molecule has 0 saturated carbocycles. The largest absolute Gasteiger partial charge is 0.506 e. The molecular formula is C12H14N4O. The summed E-state index contributed by atoms with van der Waals surface area (Å²) >= 11 is 0. The first kappa shape index (κ1) is 10.3. The molecule has 17 heavy (non-hydrogen) atoms. The molecule has 0 atom stereocenters. The predicted molar refractivity (Wildman–Crippen MR) is 63.7 cm³/mol. The van der Waals surface area contributed by atoms with Crippen LogP contribution in [0.1, 0.15) is 17.0 Å². The lowest BCUT2D eigenvalue weighted by molar-refractivity contribution is 0.469. The summed E-state index contributed by atoms with van der Waals surface area (Å²) in [6, 6.07) is 7.16. The van der Waals surface area contributed by atoms with Crippen molar-refractivity contribution in [1.82, 2.24) is 15.1 Å². The zero-order valence-corrected chi connectivity index (χ0v) is 9.35. The Bertz CT molecular complexity index is 562. The van der Waals surface area contributed by atoms with Crippen LogP contribution in [-0.4, -0.2) is 14.9 Å². The molecule has 0 bridgehead atoms. The molecule has 3 rings (SSSR count). The third-order valence-electron chi connectivity index (χ3n) is 3.07. The number of nitrogens with two attached hydrogens (primary N) is 1. The van der Waals surface area contributed by atoms with Crippen molar-refractivity contribution in [2.75, 3.05) is 0 Å². The highest BCUT2D eigenvalue weighted by Gasteiger charge is 2.22. The van der Waals surface area contributed by atoms with E-state index in [2.05, 4.69) is 10.4 Å². The highest BCUT2D eigenvalue weighted by Crippen LogP contribution is 2.26. The second kappa shape index (κ2) is 3.87. The number of benzene rings is 1. The molecule has 0 fully saturated rings. The van der Waals surface area contributed by atoms with E-state index < -0.39 is 0 Å². The Labute approximate surface area is 98.9 Å². The Morgan fingerprint density at radius 2 is 2.18 bits per heavy atom. The summed E-state index contributed by atoms with van der Waals surface area (Å²) < 4.78 is 1.75. The minimum Gasteiger partial charge on any atom is -0.506 e. The zero-order chi connectivity index (χ0) is 11.8. The molecule has 4 N–H and O–H groups in total. The van der Waals surface area contributed by atoms with Gasteiger partial charge in [-0.3, -0.25) is 0 Å². The van der Waals surface area contributed by atoms with E-state index in [1.165, 1.54) is 0 Å². The van der Waals surface area contributed by atoms with Gasteiger partial charge in [0.1, 0.15) is 11.4 Å². The Balaban J connectivity index is 2.19. The number of aromatic hydroxyl groups is 1. The molecule has 5 heteroatoms. The maximum Gasteiger partial charge on any atom is 0.141 e. The van der Waals surface area contributed by atoms with Crippen molar-refractivity contribution in [1.29, 1.82) is 0 Å². The van der Waals surface area contributed by atoms with Gasteiger partial charge in [-0.25, -0.2) is 4.68 Å². The van der Waals surface area contributed by atoms with Gasteiger partial charge in [0, 0.05) is 25.2 Å². The van der Waals surface area contributed by atoms with Crippen molar-refractivity contribution in [2.45, 2.75) is 19.6 Å². The maximum absolute atomic E-state index is 9.86. The summed E-state index contributed by atoms with van der Waals surface area (Å²) in [7, 11) is 0. The molecule has 0 unspecified atom stereocenters. The Hall–Kier alpha value is -1.85. The first-order chi connectivity index (χ1) is 8.31.